The van der Waals surface area contributed by atoms with E-state index in [4.69, 9.17) is 5.73 Å². The highest BCUT2D eigenvalue weighted by Gasteiger charge is 2.10. The van der Waals surface area contributed by atoms with Gasteiger partial charge in [0.15, 0.2) is 0 Å². The Balaban J connectivity index is 2.25. The Hall–Kier alpha value is -2.50. The van der Waals surface area contributed by atoms with Gasteiger partial charge >= 0.3 is 0 Å². The van der Waals surface area contributed by atoms with Crippen LogP contribution in [0, 0.1) is 24.4 Å². The monoisotopic (exact) mass is 294 g/mol. The smallest absolute Gasteiger partial charge is 0.248 e. The molecule has 0 fully saturated rings. The van der Waals surface area contributed by atoms with Crippen LogP contribution >= 0.6 is 0 Å². The zero-order chi connectivity index (χ0) is 15.6. The van der Waals surface area contributed by atoms with E-state index < -0.39 is 23.4 Å². The lowest BCUT2D eigenvalue weighted by molar-refractivity contribution is 0.1000. The number of halogens is 3. The van der Waals surface area contributed by atoms with Crippen molar-refractivity contribution in [2.75, 3.05) is 5.32 Å². The number of primary amides is 1. The van der Waals surface area contributed by atoms with Crippen LogP contribution in [0.2, 0.25) is 0 Å². The molecule has 6 heteroatoms. The first-order chi connectivity index (χ1) is 9.86. The summed E-state index contributed by atoms with van der Waals surface area (Å²) in [7, 11) is 0. The van der Waals surface area contributed by atoms with Crippen molar-refractivity contribution in [2.45, 2.75) is 13.5 Å². The van der Waals surface area contributed by atoms with Gasteiger partial charge in [0.25, 0.3) is 0 Å². The minimum Gasteiger partial charge on any atom is -0.381 e. The van der Waals surface area contributed by atoms with Crippen LogP contribution in [0.1, 0.15) is 21.5 Å². The fourth-order valence-corrected chi connectivity index (χ4v) is 1.92. The van der Waals surface area contributed by atoms with Crippen LogP contribution in [-0.4, -0.2) is 5.91 Å². The highest BCUT2D eigenvalue weighted by molar-refractivity contribution is 5.94. The molecule has 1 amide bonds. The molecule has 3 nitrogen and oxygen atoms in total. The number of carbonyl (C=O) groups excluding carboxylic acids is 1. The average Bonchev–Trinajstić information content (AvgIpc) is 2.39. The van der Waals surface area contributed by atoms with Crippen LogP contribution in [0.5, 0.6) is 0 Å². The fraction of sp³-hybridized carbons (Fsp3) is 0.133. The van der Waals surface area contributed by atoms with Gasteiger partial charge in [0.05, 0.1) is 0 Å². The van der Waals surface area contributed by atoms with Crippen molar-refractivity contribution in [1.29, 1.82) is 0 Å². The molecule has 0 saturated heterocycles. The molecule has 21 heavy (non-hydrogen) atoms. The maximum Gasteiger partial charge on any atom is 0.248 e. The summed E-state index contributed by atoms with van der Waals surface area (Å²) in [5.41, 5.74) is 6.12. The molecular weight excluding hydrogens is 281 g/mol. The molecule has 110 valence electrons. The lowest BCUT2D eigenvalue weighted by Crippen LogP contribution is -2.13. The van der Waals surface area contributed by atoms with E-state index in [0.717, 1.165) is 12.1 Å². The topological polar surface area (TPSA) is 55.1 Å². The minimum atomic E-state index is -0.756. The van der Waals surface area contributed by atoms with Crippen LogP contribution < -0.4 is 11.1 Å². The van der Waals surface area contributed by atoms with E-state index in [-0.39, 0.29) is 17.7 Å². The molecule has 0 aromatic heterocycles. The number of nitrogens with one attached hydrogen (secondary N) is 1. The number of rotatable bonds is 4. The highest BCUT2D eigenvalue weighted by atomic mass is 19.1. The van der Waals surface area contributed by atoms with Crippen LogP contribution in [-0.2, 0) is 6.54 Å². The van der Waals surface area contributed by atoms with E-state index in [9.17, 15) is 18.0 Å². The predicted molar refractivity (Wildman–Crippen MR) is 73.3 cm³/mol. The number of hydrogen-bond acceptors (Lipinski definition) is 2. The van der Waals surface area contributed by atoms with E-state index in [1.54, 1.807) is 0 Å². The Morgan fingerprint density at radius 2 is 1.71 bits per heavy atom. The van der Waals surface area contributed by atoms with Crippen LogP contribution in [0.4, 0.5) is 18.9 Å². The summed E-state index contributed by atoms with van der Waals surface area (Å²) in [5, 5.41) is 2.84. The molecule has 0 saturated carbocycles. The van der Waals surface area contributed by atoms with Crippen molar-refractivity contribution >= 4 is 11.6 Å². The van der Waals surface area contributed by atoms with E-state index in [1.807, 2.05) is 0 Å². The first kappa shape index (κ1) is 14.9. The molecule has 0 aliphatic heterocycles. The molecule has 0 aliphatic carbocycles. The number of anilines is 1. The Kier molecular flexibility index (Phi) is 4.16. The van der Waals surface area contributed by atoms with Crippen molar-refractivity contribution in [3.05, 3.63) is 64.5 Å². The second kappa shape index (κ2) is 5.87. The third kappa shape index (κ3) is 3.53. The van der Waals surface area contributed by atoms with Crippen LogP contribution in [0.15, 0.2) is 30.3 Å². The molecule has 3 N–H and O–H groups in total. The quantitative estimate of drug-likeness (QED) is 0.910. The summed E-state index contributed by atoms with van der Waals surface area (Å²) in [6, 6.07) is 5.54. The van der Waals surface area contributed by atoms with Gasteiger partial charge in [-0.3, -0.25) is 4.79 Å². The zero-order valence-electron chi connectivity index (χ0n) is 11.2. The Labute approximate surface area is 119 Å². The third-order valence-corrected chi connectivity index (χ3v) is 3.03. The van der Waals surface area contributed by atoms with Crippen LogP contribution in [0.3, 0.4) is 0 Å². The van der Waals surface area contributed by atoms with Gasteiger partial charge in [-0.15, -0.1) is 0 Å². The summed E-state index contributed by atoms with van der Waals surface area (Å²) in [6.45, 7) is 1.60. The lowest BCUT2D eigenvalue weighted by Gasteiger charge is -2.12. The molecule has 2 rings (SSSR count). The molecule has 0 bridgehead atoms. The summed E-state index contributed by atoms with van der Waals surface area (Å²) in [5.74, 6) is -2.73. The molecule has 0 heterocycles. The van der Waals surface area contributed by atoms with Crippen LogP contribution in [0.25, 0.3) is 0 Å². The minimum absolute atomic E-state index is 0.0195. The molecule has 0 spiro atoms. The number of benzene rings is 2. The van der Waals surface area contributed by atoms with Crippen molar-refractivity contribution in [2.24, 2.45) is 5.73 Å². The second-order valence-electron chi connectivity index (χ2n) is 4.63. The van der Waals surface area contributed by atoms with E-state index in [2.05, 4.69) is 5.32 Å². The Morgan fingerprint density at radius 1 is 1.10 bits per heavy atom. The molecule has 0 aliphatic rings. The summed E-state index contributed by atoms with van der Waals surface area (Å²) in [6.07, 6.45) is 0. The molecular formula is C15H13F3N2O. The zero-order valence-corrected chi connectivity index (χ0v) is 11.2. The maximum atomic E-state index is 13.7. The second-order valence-corrected chi connectivity index (χ2v) is 4.63. The lowest BCUT2D eigenvalue weighted by atomic mass is 10.1. The maximum absolute atomic E-state index is 13.7. The fourth-order valence-electron chi connectivity index (χ4n) is 1.92. The van der Waals surface area contributed by atoms with E-state index in [0.29, 0.717) is 11.3 Å². The molecule has 0 radical (unpaired) electrons. The first-order valence-electron chi connectivity index (χ1n) is 6.15. The van der Waals surface area contributed by atoms with Gasteiger partial charge < -0.3 is 11.1 Å². The van der Waals surface area contributed by atoms with Crippen molar-refractivity contribution < 1.29 is 18.0 Å². The third-order valence-electron chi connectivity index (χ3n) is 3.03. The van der Waals surface area contributed by atoms with Gasteiger partial charge in [0, 0.05) is 29.4 Å². The highest BCUT2D eigenvalue weighted by Crippen LogP contribution is 2.21. The van der Waals surface area contributed by atoms with E-state index >= 15 is 0 Å². The SMILES string of the molecule is Cc1c(F)cc(C(N)=O)cc1NCc1cc(F)cc(F)c1. The van der Waals surface area contributed by atoms with Gasteiger partial charge in [0.1, 0.15) is 17.5 Å². The first-order valence-corrected chi connectivity index (χ1v) is 6.15. The average molecular weight is 294 g/mol. The van der Waals surface area contributed by atoms with Gasteiger partial charge in [-0.2, -0.15) is 0 Å². The number of carbonyl (C=O) groups is 1. The predicted octanol–water partition coefficient (Wildman–Crippen LogP) is 3.12. The number of hydrogen-bond donors (Lipinski definition) is 2. The normalized spacial score (nSPS) is 10.5. The van der Waals surface area contributed by atoms with Gasteiger partial charge in [-0.05, 0) is 36.8 Å². The molecule has 0 atom stereocenters. The number of nitrogens with two attached hydrogens (primary N) is 1. The largest absolute Gasteiger partial charge is 0.381 e. The summed E-state index contributed by atoms with van der Waals surface area (Å²) >= 11 is 0. The Morgan fingerprint density at radius 3 is 2.29 bits per heavy atom. The summed E-state index contributed by atoms with van der Waals surface area (Å²) < 4.78 is 39.8. The number of amides is 1. The van der Waals surface area contributed by atoms with Crippen molar-refractivity contribution in [3.63, 3.8) is 0 Å². The van der Waals surface area contributed by atoms with Gasteiger partial charge in [-0.25, -0.2) is 13.2 Å². The molecule has 2 aromatic rings. The Bertz CT molecular complexity index is 681. The standard InChI is InChI=1S/C15H13F3N2O/c1-8-13(18)4-10(15(19)21)5-14(8)20-7-9-2-11(16)6-12(17)3-9/h2-6,20H,7H2,1H3,(H2,19,21). The summed E-state index contributed by atoms with van der Waals surface area (Å²) in [4.78, 5) is 11.1. The van der Waals surface area contributed by atoms with Crippen molar-refractivity contribution in [1.82, 2.24) is 0 Å². The van der Waals surface area contributed by atoms with Crippen molar-refractivity contribution in [3.8, 4) is 0 Å². The van der Waals surface area contributed by atoms with Gasteiger partial charge in [0.2, 0.25) is 5.91 Å². The van der Waals surface area contributed by atoms with Gasteiger partial charge in [-0.1, -0.05) is 0 Å². The molecule has 2 aromatic carbocycles. The van der Waals surface area contributed by atoms with E-state index in [1.165, 1.54) is 25.1 Å². The molecule has 0 unspecified atom stereocenters.